The maximum atomic E-state index is 2.79. The third kappa shape index (κ3) is 8.53. The summed E-state index contributed by atoms with van der Waals surface area (Å²) in [5.41, 5.74) is 0. The smallest absolute Gasteiger partial charge is 1.00 e. The van der Waals surface area contributed by atoms with Crippen LogP contribution in [0.4, 0.5) is 0 Å². The molecule has 0 aliphatic rings. The van der Waals surface area contributed by atoms with Crippen LogP contribution < -0.4 is 0 Å². The van der Waals surface area contributed by atoms with Crippen molar-refractivity contribution in [3.63, 3.8) is 0 Å². The van der Waals surface area contributed by atoms with Crippen LogP contribution in [0.15, 0.2) is 0 Å². The Kier molecular flexibility index (Phi) is 10.0. The van der Waals surface area contributed by atoms with Crippen molar-refractivity contribution in [3.05, 3.63) is 0 Å². The minimum atomic E-state index is 0. The van der Waals surface area contributed by atoms with E-state index in [1.807, 2.05) is 0 Å². The van der Waals surface area contributed by atoms with Crippen molar-refractivity contribution in [2.75, 3.05) is 0 Å². The van der Waals surface area contributed by atoms with E-state index in [2.05, 4.69) is 23.2 Å². The van der Waals surface area contributed by atoms with Gasteiger partial charge in [-0.3, -0.25) is 0 Å². The van der Waals surface area contributed by atoms with Gasteiger partial charge in [0.25, 0.3) is 0 Å². The molecule has 0 rings (SSSR count). The summed E-state index contributed by atoms with van der Waals surface area (Å²) >= 11 is 2.79. The van der Waals surface area contributed by atoms with E-state index in [1.165, 1.54) is 50.2 Å². The van der Waals surface area contributed by atoms with Crippen LogP contribution in [-0.4, -0.2) is 16.3 Å². The van der Waals surface area contributed by atoms with Crippen LogP contribution in [0.3, 0.4) is 0 Å². The van der Waals surface area contributed by atoms with Gasteiger partial charge in [0.1, 0.15) is 0 Å². The molecular formula is C9H21Al. The zero-order valence-corrected chi connectivity index (χ0v) is 8.39. The first-order valence-electron chi connectivity index (χ1n) is 4.62. The summed E-state index contributed by atoms with van der Waals surface area (Å²) in [5, 5.41) is 1.29. The molecule has 0 heterocycles. The summed E-state index contributed by atoms with van der Waals surface area (Å²) in [6.45, 7) is 2.27. The summed E-state index contributed by atoms with van der Waals surface area (Å²) in [7, 11) is 0. The van der Waals surface area contributed by atoms with Crippen LogP contribution in [0.2, 0.25) is 5.28 Å². The molecule has 0 aliphatic heterocycles. The van der Waals surface area contributed by atoms with E-state index in [0.29, 0.717) is 0 Å². The van der Waals surface area contributed by atoms with Crippen LogP contribution in [0.1, 0.15) is 54.7 Å². The van der Waals surface area contributed by atoms with Crippen molar-refractivity contribution in [1.29, 1.82) is 0 Å². The van der Waals surface area contributed by atoms with Gasteiger partial charge in [-0.05, 0) is 0 Å². The van der Waals surface area contributed by atoms with E-state index in [9.17, 15) is 0 Å². The number of rotatable bonds is 7. The molecule has 0 N–H and O–H groups in total. The average molecular weight is 156 g/mol. The predicted molar refractivity (Wildman–Crippen MR) is 50.8 cm³/mol. The fourth-order valence-corrected chi connectivity index (χ4v) is 1.39. The van der Waals surface area contributed by atoms with Crippen molar-refractivity contribution < 1.29 is 2.85 Å². The molecule has 0 aliphatic carbocycles. The second kappa shape index (κ2) is 9.53. The Morgan fingerprint density at radius 2 is 1.40 bits per heavy atom. The summed E-state index contributed by atoms with van der Waals surface area (Å²) in [5.74, 6) is 0. The zero-order valence-electron chi connectivity index (χ0n) is 9.23. The first kappa shape index (κ1) is 10.5. The van der Waals surface area contributed by atoms with Crippen molar-refractivity contribution in [1.82, 2.24) is 0 Å². The van der Waals surface area contributed by atoms with Crippen LogP contribution in [-0.2, 0) is 0 Å². The van der Waals surface area contributed by atoms with Gasteiger partial charge in [-0.25, -0.2) is 0 Å². The Labute approximate surface area is 76.8 Å². The van der Waals surface area contributed by atoms with Gasteiger partial charge < -0.3 is 2.85 Å². The molecule has 0 fully saturated rings. The van der Waals surface area contributed by atoms with Gasteiger partial charge in [0.15, 0.2) is 0 Å². The number of hydrogen-bond donors (Lipinski definition) is 0. The molecule has 0 atom stereocenters. The van der Waals surface area contributed by atoms with Gasteiger partial charge in [0.2, 0.25) is 0 Å². The topological polar surface area (TPSA) is 0 Å². The van der Waals surface area contributed by atoms with Gasteiger partial charge in [0.05, 0.1) is 0 Å². The second-order valence-corrected chi connectivity index (χ2v) is 3.49. The first-order chi connectivity index (χ1) is 4.91. The molecule has 0 unspecified atom stereocenters. The maximum Gasteiger partial charge on any atom is -1.00 e. The molecular weight excluding hydrogens is 135 g/mol. The van der Waals surface area contributed by atoms with Crippen molar-refractivity contribution in [2.24, 2.45) is 0 Å². The minimum Gasteiger partial charge on any atom is -1.00 e. The summed E-state index contributed by atoms with van der Waals surface area (Å²) < 4.78 is 0. The average Bonchev–Trinajstić information content (AvgIpc) is 1.97. The SMILES string of the molecule is CCCCCCCC[CH2][Al+2].[H-].[H-]. The van der Waals surface area contributed by atoms with Crippen LogP contribution >= 0.6 is 0 Å². The van der Waals surface area contributed by atoms with Crippen molar-refractivity contribution in [2.45, 2.75) is 57.2 Å². The Morgan fingerprint density at radius 1 is 0.900 bits per heavy atom. The molecule has 0 aromatic heterocycles. The first-order valence-corrected chi connectivity index (χ1v) is 5.43. The van der Waals surface area contributed by atoms with E-state index in [4.69, 9.17) is 0 Å². The Hall–Kier alpha value is 0.532. The standard InChI is InChI=1S/C9H19.Al.2H/c1-3-5-7-9-8-6-4-2;;;/h1,3-9H2,2H3;;;/q;+2;2*-1. The molecule has 0 saturated carbocycles. The molecule has 0 nitrogen and oxygen atoms in total. The third-order valence-corrected chi connectivity index (χ3v) is 2.22. The molecule has 1 heteroatoms. The molecule has 60 valence electrons. The molecule has 0 saturated heterocycles. The van der Waals surface area contributed by atoms with Crippen LogP contribution in [0, 0.1) is 0 Å². The number of hydrogen-bond acceptors (Lipinski definition) is 0. The van der Waals surface area contributed by atoms with E-state index in [1.54, 1.807) is 0 Å². The van der Waals surface area contributed by atoms with Gasteiger partial charge in [-0.1, -0.05) is 0 Å². The fourth-order valence-electron chi connectivity index (χ4n) is 1.10. The van der Waals surface area contributed by atoms with E-state index >= 15 is 0 Å². The fraction of sp³-hybridized carbons (Fsp3) is 1.00. The van der Waals surface area contributed by atoms with Crippen LogP contribution in [0.5, 0.6) is 0 Å². The quantitative estimate of drug-likeness (QED) is 0.390. The van der Waals surface area contributed by atoms with Crippen molar-refractivity contribution in [3.8, 4) is 0 Å². The molecule has 0 aromatic rings. The van der Waals surface area contributed by atoms with Crippen molar-refractivity contribution >= 4 is 16.3 Å². The van der Waals surface area contributed by atoms with E-state index < -0.39 is 0 Å². The largest absolute Gasteiger partial charge is 1.00 e. The molecule has 0 radical (unpaired) electrons. The molecule has 0 amide bonds. The van der Waals surface area contributed by atoms with Gasteiger partial charge in [0, 0.05) is 0 Å². The van der Waals surface area contributed by atoms with E-state index in [-0.39, 0.29) is 2.85 Å². The normalized spacial score (nSPS) is 10.3. The summed E-state index contributed by atoms with van der Waals surface area (Å²) in [4.78, 5) is 0. The molecule has 0 bridgehead atoms. The number of unbranched alkanes of at least 4 members (excludes halogenated alkanes) is 6. The second-order valence-electron chi connectivity index (χ2n) is 2.91. The third-order valence-electron chi connectivity index (χ3n) is 1.81. The van der Waals surface area contributed by atoms with Crippen LogP contribution in [0.25, 0.3) is 0 Å². The summed E-state index contributed by atoms with van der Waals surface area (Å²) in [6.07, 6.45) is 9.99. The maximum absolute atomic E-state index is 2.79. The van der Waals surface area contributed by atoms with Gasteiger partial charge in [-0.2, -0.15) is 0 Å². The van der Waals surface area contributed by atoms with Gasteiger partial charge >= 0.3 is 73.4 Å². The monoisotopic (exact) mass is 156 g/mol. The predicted octanol–water partition coefficient (Wildman–Crippen LogP) is 3.55. The summed E-state index contributed by atoms with van der Waals surface area (Å²) in [6, 6.07) is 0. The molecule has 0 spiro atoms. The molecule has 0 aromatic carbocycles. The Morgan fingerprint density at radius 3 is 1.90 bits per heavy atom. The molecule has 10 heavy (non-hydrogen) atoms. The van der Waals surface area contributed by atoms with Gasteiger partial charge in [-0.15, -0.1) is 0 Å². The van der Waals surface area contributed by atoms with E-state index in [0.717, 1.165) is 0 Å². The Balaban J connectivity index is -0.000000405. The zero-order chi connectivity index (χ0) is 7.66. The Bertz CT molecular complexity index is 52.5. The minimum absolute atomic E-state index is 0.